The topological polar surface area (TPSA) is 19.6 Å². The first-order valence-corrected chi connectivity index (χ1v) is 17.4. The summed E-state index contributed by atoms with van der Waals surface area (Å²) < 4.78 is 7.06. The molecule has 10 aromatic carbocycles. The van der Waals surface area contributed by atoms with Crippen LogP contribution in [0.25, 0.3) is 64.6 Å². The molecule has 0 saturated heterocycles. The Hall–Kier alpha value is -6.84. The summed E-state index contributed by atoms with van der Waals surface area (Å²) in [4.78, 5) is 4.51. The van der Waals surface area contributed by atoms with E-state index in [2.05, 4.69) is 192 Å². The smallest absolute Gasteiger partial charge is 0.207 e. The Bertz CT molecular complexity index is 2800. The minimum absolute atomic E-state index is 0.741. The van der Waals surface area contributed by atoms with Crippen molar-refractivity contribution >= 4 is 99.2 Å². The summed E-state index contributed by atoms with van der Waals surface area (Å²) >= 11 is 0. The van der Waals surface area contributed by atoms with Crippen molar-refractivity contribution in [1.29, 1.82) is 0 Å². The highest BCUT2D eigenvalue weighted by Gasteiger charge is 2.24. The molecule has 3 heteroatoms. The predicted octanol–water partition coefficient (Wildman–Crippen LogP) is 14.0. The highest BCUT2D eigenvalue weighted by atomic mass is 16.4. The van der Waals surface area contributed by atoms with Gasteiger partial charge < -0.3 is 4.42 Å². The van der Waals surface area contributed by atoms with Crippen molar-refractivity contribution in [3.05, 3.63) is 182 Å². The van der Waals surface area contributed by atoms with Crippen molar-refractivity contribution < 1.29 is 4.42 Å². The predicted molar refractivity (Wildman–Crippen MR) is 215 cm³/mol. The van der Waals surface area contributed by atoms with Crippen LogP contribution in [0.2, 0.25) is 0 Å². The first kappa shape index (κ1) is 28.0. The Labute approximate surface area is 294 Å². The first-order chi connectivity index (χ1) is 25.3. The van der Waals surface area contributed by atoms with Gasteiger partial charge in [-0.25, -0.2) is 0 Å². The van der Waals surface area contributed by atoms with Crippen LogP contribution in [0.1, 0.15) is 0 Å². The lowest BCUT2D eigenvalue weighted by Crippen LogP contribution is -2.11. The summed E-state index contributed by atoms with van der Waals surface area (Å²) in [6.45, 7) is 0. The zero-order chi connectivity index (χ0) is 33.5. The number of rotatable bonds is 6. The summed E-state index contributed by atoms with van der Waals surface area (Å²) in [5.74, 6) is 1.48. The van der Waals surface area contributed by atoms with Crippen molar-refractivity contribution in [1.82, 2.24) is 0 Å². The number of hydrogen-bond donors (Lipinski definition) is 0. The second kappa shape index (κ2) is 10.8. The molecule has 0 unspecified atom stereocenters. The monoisotopic (exact) mass is 650 g/mol. The highest BCUT2D eigenvalue weighted by molar-refractivity contribution is 6.27. The van der Waals surface area contributed by atoms with Crippen molar-refractivity contribution in [2.75, 3.05) is 9.80 Å². The molecule has 0 aliphatic carbocycles. The zero-order valence-electron chi connectivity index (χ0n) is 27.6. The molecular weight excluding hydrogens is 621 g/mol. The molecule has 238 valence electrons. The molecule has 0 aliphatic rings. The first-order valence-electron chi connectivity index (χ1n) is 17.4. The highest BCUT2D eigenvalue weighted by Crippen LogP contribution is 2.48. The SMILES string of the molecule is c1ccc(N(c2ccc(N(c3ccccc3)c3ccc4ccc5cccc6ccc3c4c56)o2)c2ccc3ccc4cccc5ccc2c3c45)cc1. The second-order valence-electron chi connectivity index (χ2n) is 13.3. The van der Waals surface area contributed by atoms with E-state index in [1.807, 2.05) is 0 Å². The lowest BCUT2D eigenvalue weighted by atomic mass is 9.93. The van der Waals surface area contributed by atoms with Gasteiger partial charge >= 0.3 is 0 Å². The van der Waals surface area contributed by atoms with Crippen LogP contribution in [0.15, 0.2) is 186 Å². The average molecular weight is 651 g/mol. The Balaban J connectivity index is 1.14. The largest absolute Gasteiger partial charge is 0.424 e. The van der Waals surface area contributed by atoms with Crippen LogP contribution in [0.5, 0.6) is 0 Å². The van der Waals surface area contributed by atoms with Gasteiger partial charge in [-0.2, -0.15) is 0 Å². The van der Waals surface area contributed by atoms with E-state index in [-0.39, 0.29) is 0 Å². The number of para-hydroxylation sites is 2. The quantitative estimate of drug-likeness (QED) is 0.167. The van der Waals surface area contributed by atoms with E-state index in [0.29, 0.717) is 0 Å². The maximum Gasteiger partial charge on any atom is 0.207 e. The summed E-state index contributed by atoms with van der Waals surface area (Å²) in [5, 5.41) is 15.0. The van der Waals surface area contributed by atoms with Crippen LogP contribution in [0, 0.1) is 0 Å². The van der Waals surface area contributed by atoms with Gasteiger partial charge in [0.2, 0.25) is 11.8 Å². The van der Waals surface area contributed by atoms with Crippen molar-refractivity contribution in [2.24, 2.45) is 0 Å². The van der Waals surface area contributed by atoms with Crippen LogP contribution in [0.4, 0.5) is 34.5 Å². The summed E-state index contributed by atoms with van der Waals surface area (Å²) in [6, 6.07) is 65.3. The van der Waals surface area contributed by atoms with E-state index in [4.69, 9.17) is 4.42 Å². The molecule has 0 saturated carbocycles. The number of benzene rings is 10. The van der Waals surface area contributed by atoms with E-state index in [1.165, 1.54) is 64.6 Å². The molecule has 0 aliphatic heterocycles. The molecule has 0 bridgehead atoms. The standard InChI is InChI=1S/C48H30N2O/c1-3-13-37(14-4-1)49(41-27-23-35-19-17-31-9-7-11-33-21-25-39(41)47(35)45(31)33)43-29-30-44(51-43)50(38-15-5-2-6-16-38)42-28-24-36-20-18-32-10-8-12-34-22-26-40(42)48(36)46(32)34/h1-30H. The lowest BCUT2D eigenvalue weighted by molar-refractivity contribution is 0.580. The van der Waals surface area contributed by atoms with E-state index < -0.39 is 0 Å². The molecule has 51 heavy (non-hydrogen) atoms. The van der Waals surface area contributed by atoms with E-state index >= 15 is 0 Å². The fourth-order valence-corrected chi connectivity index (χ4v) is 8.31. The van der Waals surface area contributed by atoms with Gasteiger partial charge in [0.25, 0.3) is 0 Å². The molecule has 0 spiro atoms. The van der Waals surface area contributed by atoms with Gasteiger partial charge in [-0.1, -0.05) is 133 Å². The van der Waals surface area contributed by atoms with E-state index in [1.54, 1.807) is 0 Å². The van der Waals surface area contributed by atoms with Gasteiger partial charge in [-0.15, -0.1) is 0 Å². The molecule has 0 radical (unpaired) electrons. The summed E-state index contributed by atoms with van der Waals surface area (Å²) in [7, 11) is 0. The minimum Gasteiger partial charge on any atom is -0.424 e. The Morgan fingerprint density at radius 1 is 0.275 bits per heavy atom. The van der Waals surface area contributed by atoms with Gasteiger partial charge in [-0.3, -0.25) is 9.80 Å². The molecular formula is C48H30N2O. The molecule has 0 atom stereocenters. The molecule has 1 heterocycles. The van der Waals surface area contributed by atoms with Crippen LogP contribution in [-0.4, -0.2) is 0 Å². The number of nitrogens with zero attached hydrogens (tertiary/aromatic N) is 2. The molecule has 0 fully saturated rings. The summed E-state index contributed by atoms with van der Waals surface area (Å²) in [6.07, 6.45) is 0. The van der Waals surface area contributed by atoms with Gasteiger partial charge in [0.15, 0.2) is 0 Å². The van der Waals surface area contributed by atoms with Gasteiger partial charge in [0.05, 0.1) is 11.4 Å². The molecule has 0 N–H and O–H groups in total. The van der Waals surface area contributed by atoms with Gasteiger partial charge in [0, 0.05) is 34.3 Å². The van der Waals surface area contributed by atoms with Crippen molar-refractivity contribution in [3.63, 3.8) is 0 Å². The minimum atomic E-state index is 0.741. The average Bonchev–Trinajstić information content (AvgIpc) is 3.67. The van der Waals surface area contributed by atoms with Gasteiger partial charge in [-0.05, 0) is 90.3 Å². The fourth-order valence-electron chi connectivity index (χ4n) is 8.31. The normalized spacial score (nSPS) is 11.9. The lowest BCUT2D eigenvalue weighted by Gasteiger charge is -2.27. The number of hydrogen-bond acceptors (Lipinski definition) is 3. The van der Waals surface area contributed by atoms with Crippen LogP contribution in [-0.2, 0) is 0 Å². The summed E-state index contributed by atoms with van der Waals surface area (Å²) in [5.41, 5.74) is 4.20. The van der Waals surface area contributed by atoms with Crippen molar-refractivity contribution in [2.45, 2.75) is 0 Å². The molecule has 0 amide bonds. The van der Waals surface area contributed by atoms with Crippen molar-refractivity contribution in [3.8, 4) is 0 Å². The van der Waals surface area contributed by atoms with E-state index in [9.17, 15) is 0 Å². The Morgan fingerprint density at radius 3 is 1.04 bits per heavy atom. The molecule has 11 aromatic rings. The molecule has 1 aromatic heterocycles. The third-order valence-corrected chi connectivity index (χ3v) is 10.5. The third kappa shape index (κ3) is 4.19. The third-order valence-electron chi connectivity index (χ3n) is 10.5. The fraction of sp³-hybridized carbons (Fsp3) is 0. The van der Waals surface area contributed by atoms with Crippen LogP contribution >= 0.6 is 0 Å². The van der Waals surface area contributed by atoms with Crippen LogP contribution in [0.3, 0.4) is 0 Å². The Morgan fingerprint density at radius 2 is 0.627 bits per heavy atom. The maximum atomic E-state index is 7.06. The second-order valence-corrected chi connectivity index (χ2v) is 13.3. The number of furan rings is 1. The molecule has 3 nitrogen and oxygen atoms in total. The zero-order valence-corrected chi connectivity index (χ0v) is 27.6. The van der Waals surface area contributed by atoms with E-state index in [0.717, 1.165) is 34.5 Å². The molecule has 11 rings (SSSR count). The van der Waals surface area contributed by atoms with Crippen LogP contribution < -0.4 is 9.80 Å². The number of anilines is 6. The Kier molecular flexibility index (Phi) is 5.96. The maximum absolute atomic E-state index is 7.06. The van der Waals surface area contributed by atoms with Gasteiger partial charge in [0.1, 0.15) is 0 Å².